The second-order valence-corrected chi connectivity index (χ2v) is 6.74. The molecule has 0 bridgehead atoms. The molecule has 0 aliphatic rings. The molecule has 2 aromatic heterocycles. The second kappa shape index (κ2) is 7.94. The van der Waals surface area contributed by atoms with Gasteiger partial charge in [0.2, 0.25) is 11.8 Å². The molecule has 1 N–H and O–H groups in total. The third-order valence-corrected chi connectivity index (χ3v) is 4.75. The van der Waals surface area contributed by atoms with Crippen molar-refractivity contribution in [1.82, 2.24) is 9.97 Å². The van der Waals surface area contributed by atoms with E-state index >= 15 is 0 Å². The van der Waals surface area contributed by atoms with Crippen LogP contribution in [-0.2, 0) is 0 Å². The maximum atomic E-state index is 9.19. The molecule has 0 aliphatic carbocycles. The van der Waals surface area contributed by atoms with Crippen molar-refractivity contribution in [2.24, 2.45) is 0 Å². The average molecular weight is 395 g/mol. The normalized spacial score (nSPS) is 11.5. The Morgan fingerprint density at radius 3 is 2.63 bits per heavy atom. The molecular weight excluding hydrogens is 378 g/mol. The van der Waals surface area contributed by atoms with Crippen molar-refractivity contribution in [2.45, 2.75) is 19.8 Å². The van der Waals surface area contributed by atoms with Crippen molar-refractivity contribution in [3.8, 4) is 23.8 Å². The van der Waals surface area contributed by atoms with E-state index in [1.165, 1.54) is 0 Å². The minimum atomic E-state index is -0.254. The van der Waals surface area contributed by atoms with E-state index in [1.54, 1.807) is 42.8 Å². The molecule has 0 saturated heterocycles. The zero-order valence-corrected chi connectivity index (χ0v) is 16.4. The molecular formula is C23H17N5O2. The molecule has 0 fully saturated rings. The van der Waals surface area contributed by atoms with Crippen molar-refractivity contribution in [3.05, 3.63) is 71.6 Å². The maximum absolute atomic E-state index is 9.19. The number of nitrogens with one attached hydrogen (secondary N) is 1. The summed E-state index contributed by atoms with van der Waals surface area (Å²) in [4.78, 5) is 8.60. The van der Waals surface area contributed by atoms with Crippen LogP contribution in [0.25, 0.3) is 11.0 Å². The summed E-state index contributed by atoms with van der Waals surface area (Å²) in [7, 11) is 0. The van der Waals surface area contributed by atoms with Gasteiger partial charge in [-0.1, -0.05) is 0 Å². The lowest BCUT2D eigenvalue weighted by molar-refractivity contribution is 0.458. The van der Waals surface area contributed by atoms with Gasteiger partial charge in [0.05, 0.1) is 29.9 Å². The van der Waals surface area contributed by atoms with Crippen LogP contribution < -0.4 is 10.1 Å². The van der Waals surface area contributed by atoms with Crippen LogP contribution in [-0.4, -0.2) is 9.97 Å². The molecule has 1 unspecified atom stereocenters. The van der Waals surface area contributed by atoms with Gasteiger partial charge in [-0.05, 0) is 50.2 Å². The van der Waals surface area contributed by atoms with Crippen molar-refractivity contribution in [3.63, 3.8) is 0 Å². The van der Waals surface area contributed by atoms with Crippen LogP contribution in [0.2, 0.25) is 0 Å². The molecule has 1 atom stereocenters. The Morgan fingerprint density at radius 2 is 1.90 bits per heavy atom. The van der Waals surface area contributed by atoms with E-state index in [0.717, 1.165) is 22.2 Å². The van der Waals surface area contributed by atoms with E-state index in [4.69, 9.17) is 14.4 Å². The van der Waals surface area contributed by atoms with Gasteiger partial charge in [-0.2, -0.15) is 15.5 Å². The summed E-state index contributed by atoms with van der Waals surface area (Å²) in [5, 5.41) is 22.1. The first-order valence-electron chi connectivity index (χ1n) is 9.27. The third kappa shape index (κ3) is 3.65. The molecule has 30 heavy (non-hydrogen) atoms. The highest BCUT2D eigenvalue weighted by atomic mass is 16.5. The summed E-state index contributed by atoms with van der Waals surface area (Å²) >= 11 is 0. The van der Waals surface area contributed by atoms with E-state index in [-0.39, 0.29) is 5.92 Å². The quantitative estimate of drug-likeness (QED) is 0.471. The van der Waals surface area contributed by atoms with Crippen LogP contribution in [0.4, 0.5) is 11.6 Å². The summed E-state index contributed by atoms with van der Waals surface area (Å²) in [6.45, 7) is 3.74. The number of hydrogen-bond acceptors (Lipinski definition) is 7. The molecule has 4 aromatic rings. The highest BCUT2D eigenvalue weighted by Crippen LogP contribution is 2.35. The van der Waals surface area contributed by atoms with Gasteiger partial charge >= 0.3 is 0 Å². The van der Waals surface area contributed by atoms with Crippen molar-refractivity contribution < 1.29 is 9.15 Å². The number of ether oxygens (including phenoxy) is 1. The van der Waals surface area contributed by atoms with Gasteiger partial charge in [-0.15, -0.1) is 0 Å². The van der Waals surface area contributed by atoms with Crippen molar-refractivity contribution in [1.29, 1.82) is 10.5 Å². The first-order valence-corrected chi connectivity index (χ1v) is 9.27. The van der Waals surface area contributed by atoms with E-state index in [9.17, 15) is 5.26 Å². The molecule has 146 valence electrons. The smallest absolute Gasteiger partial charge is 0.230 e. The number of nitrogens with zero attached hydrogens (tertiary/aromatic N) is 4. The number of anilines is 2. The molecule has 0 aliphatic heterocycles. The molecule has 7 nitrogen and oxygen atoms in total. The fourth-order valence-corrected chi connectivity index (χ4v) is 3.08. The molecule has 7 heteroatoms. The first kappa shape index (κ1) is 19.0. The monoisotopic (exact) mass is 395 g/mol. The Morgan fingerprint density at radius 1 is 1.10 bits per heavy atom. The number of benzene rings is 2. The predicted molar refractivity (Wildman–Crippen MR) is 112 cm³/mol. The van der Waals surface area contributed by atoms with E-state index in [0.29, 0.717) is 28.7 Å². The largest absolute Gasteiger partial charge is 0.464 e. The van der Waals surface area contributed by atoms with Gasteiger partial charge in [-0.3, -0.25) is 0 Å². The van der Waals surface area contributed by atoms with E-state index in [1.807, 2.05) is 26.0 Å². The average Bonchev–Trinajstić information content (AvgIpc) is 3.21. The van der Waals surface area contributed by atoms with Gasteiger partial charge < -0.3 is 14.5 Å². The molecule has 2 aromatic carbocycles. The van der Waals surface area contributed by atoms with Gasteiger partial charge in [0.15, 0.2) is 0 Å². The van der Waals surface area contributed by atoms with Gasteiger partial charge in [0, 0.05) is 34.5 Å². The van der Waals surface area contributed by atoms with Crippen LogP contribution >= 0.6 is 0 Å². The Bertz CT molecular complexity index is 1300. The van der Waals surface area contributed by atoms with Crippen molar-refractivity contribution >= 4 is 22.6 Å². The van der Waals surface area contributed by atoms with Crippen LogP contribution in [0.3, 0.4) is 0 Å². The van der Waals surface area contributed by atoms with Crippen LogP contribution in [0.15, 0.2) is 59.3 Å². The predicted octanol–water partition coefficient (Wildman–Crippen LogP) is 5.57. The third-order valence-electron chi connectivity index (χ3n) is 4.75. The molecule has 2 heterocycles. The van der Waals surface area contributed by atoms with Crippen LogP contribution in [0.5, 0.6) is 11.6 Å². The molecule has 0 spiro atoms. The number of furan rings is 1. The number of nitriles is 2. The summed E-state index contributed by atoms with van der Waals surface area (Å²) < 4.78 is 11.7. The summed E-state index contributed by atoms with van der Waals surface area (Å²) in [6, 6.07) is 16.7. The Labute approximate surface area is 173 Å². The Balaban J connectivity index is 1.58. The lowest BCUT2D eigenvalue weighted by Gasteiger charge is -2.10. The lowest BCUT2D eigenvalue weighted by atomic mass is 10.0. The highest BCUT2D eigenvalue weighted by Gasteiger charge is 2.16. The standard InChI is InChI=1S/C23H17N5O2/c1-14(11-24)19-13-29-22-15(2)20(8-7-18(19)22)30-21-9-10-26-23(28-21)27-17-5-3-16(12-25)4-6-17/h3-10,13-14H,1-2H3,(H,26,27,28). The minimum absolute atomic E-state index is 0.254. The SMILES string of the molecule is Cc1c(Oc2ccnc(Nc3ccc(C#N)cc3)n2)ccc2c(C(C)C#N)coc12. The van der Waals surface area contributed by atoms with Gasteiger partial charge in [0.1, 0.15) is 11.3 Å². The number of fused-ring (bicyclic) bond motifs is 1. The zero-order valence-electron chi connectivity index (χ0n) is 16.4. The Kier molecular flexibility index (Phi) is 5.02. The highest BCUT2D eigenvalue weighted by molar-refractivity contribution is 5.86. The van der Waals surface area contributed by atoms with E-state index in [2.05, 4.69) is 27.4 Å². The fourth-order valence-electron chi connectivity index (χ4n) is 3.08. The molecule has 0 radical (unpaired) electrons. The summed E-state index contributed by atoms with van der Waals surface area (Å²) in [5.74, 6) is 1.10. The second-order valence-electron chi connectivity index (χ2n) is 6.74. The number of hydrogen-bond donors (Lipinski definition) is 1. The summed E-state index contributed by atoms with van der Waals surface area (Å²) in [5.41, 5.74) is 3.71. The first-order chi connectivity index (χ1) is 14.6. The minimum Gasteiger partial charge on any atom is -0.464 e. The zero-order chi connectivity index (χ0) is 21.1. The van der Waals surface area contributed by atoms with E-state index < -0.39 is 0 Å². The Hall–Kier alpha value is -4.36. The molecule has 0 amide bonds. The van der Waals surface area contributed by atoms with Crippen LogP contribution in [0.1, 0.15) is 29.5 Å². The van der Waals surface area contributed by atoms with Gasteiger partial charge in [0.25, 0.3) is 0 Å². The summed E-state index contributed by atoms with van der Waals surface area (Å²) in [6.07, 6.45) is 3.22. The molecule has 4 rings (SSSR count). The number of rotatable bonds is 5. The molecule has 0 saturated carbocycles. The fraction of sp³-hybridized carbons (Fsp3) is 0.130. The lowest BCUT2D eigenvalue weighted by Crippen LogP contribution is -1.99. The topological polar surface area (TPSA) is 108 Å². The maximum Gasteiger partial charge on any atom is 0.230 e. The van der Waals surface area contributed by atoms with Crippen LogP contribution in [0, 0.1) is 29.6 Å². The number of aromatic nitrogens is 2. The number of aryl methyl sites for hydroxylation is 1. The van der Waals surface area contributed by atoms with Crippen molar-refractivity contribution in [2.75, 3.05) is 5.32 Å². The van der Waals surface area contributed by atoms with Gasteiger partial charge in [-0.25, -0.2) is 4.98 Å².